The summed E-state index contributed by atoms with van der Waals surface area (Å²) in [7, 11) is 0. The molecule has 80 valence electrons. The Hall–Kier alpha value is -1.06. The molecule has 0 atom stereocenters. The summed E-state index contributed by atoms with van der Waals surface area (Å²) in [5.41, 5.74) is 0.633. The topological polar surface area (TPSA) is 50.7 Å². The standard InChI is InChI=1S/C10H18N2O2/c1-7(8-5-6-8)12-14-9(13)11-10(2,3)4/h8H,5-6H2,1-4H3,(H,11,13)/b12-7+. The van der Waals surface area contributed by atoms with E-state index >= 15 is 0 Å². The average molecular weight is 198 g/mol. The molecular formula is C10H18N2O2. The molecule has 0 heterocycles. The van der Waals surface area contributed by atoms with E-state index in [1.807, 2.05) is 27.7 Å². The molecule has 1 saturated carbocycles. The number of hydrogen-bond donors (Lipinski definition) is 1. The van der Waals surface area contributed by atoms with Crippen LogP contribution in [0.3, 0.4) is 0 Å². The van der Waals surface area contributed by atoms with Crippen LogP contribution in [-0.4, -0.2) is 17.3 Å². The highest BCUT2D eigenvalue weighted by molar-refractivity contribution is 5.86. The van der Waals surface area contributed by atoms with Gasteiger partial charge >= 0.3 is 6.09 Å². The van der Waals surface area contributed by atoms with E-state index in [0.717, 1.165) is 5.71 Å². The van der Waals surface area contributed by atoms with Gasteiger partial charge in [0.15, 0.2) is 0 Å². The molecule has 0 bridgehead atoms. The van der Waals surface area contributed by atoms with Gasteiger partial charge in [-0.05, 0) is 40.5 Å². The summed E-state index contributed by atoms with van der Waals surface area (Å²) < 4.78 is 0. The van der Waals surface area contributed by atoms with Crippen molar-refractivity contribution in [3.05, 3.63) is 0 Å². The molecule has 1 rings (SSSR count). The Morgan fingerprint density at radius 3 is 2.43 bits per heavy atom. The SMILES string of the molecule is C/C(=N\OC(=O)NC(C)(C)C)C1CC1. The number of nitrogens with one attached hydrogen (secondary N) is 1. The van der Waals surface area contributed by atoms with Gasteiger partial charge in [0.05, 0.1) is 5.71 Å². The van der Waals surface area contributed by atoms with Gasteiger partial charge in [-0.3, -0.25) is 4.84 Å². The van der Waals surface area contributed by atoms with Crippen LogP contribution in [0, 0.1) is 5.92 Å². The van der Waals surface area contributed by atoms with Crippen LogP contribution in [0.4, 0.5) is 4.79 Å². The molecule has 1 N–H and O–H groups in total. The van der Waals surface area contributed by atoms with E-state index in [2.05, 4.69) is 10.5 Å². The van der Waals surface area contributed by atoms with Gasteiger partial charge in [-0.15, -0.1) is 0 Å². The van der Waals surface area contributed by atoms with Gasteiger partial charge in [-0.25, -0.2) is 4.79 Å². The van der Waals surface area contributed by atoms with Crippen LogP contribution in [0.2, 0.25) is 0 Å². The molecule has 1 aliphatic rings. The minimum absolute atomic E-state index is 0.278. The monoisotopic (exact) mass is 198 g/mol. The minimum Gasteiger partial charge on any atom is -0.315 e. The fourth-order valence-electron chi connectivity index (χ4n) is 1.02. The van der Waals surface area contributed by atoms with Crippen LogP contribution in [0.5, 0.6) is 0 Å². The lowest BCUT2D eigenvalue weighted by Crippen LogP contribution is -2.40. The van der Waals surface area contributed by atoms with Crippen LogP contribution in [0.1, 0.15) is 40.5 Å². The van der Waals surface area contributed by atoms with Crippen molar-refractivity contribution in [2.75, 3.05) is 0 Å². The molecule has 4 heteroatoms. The number of amides is 1. The third kappa shape index (κ3) is 4.25. The van der Waals surface area contributed by atoms with Crippen LogP contribution in [0.25, 0.3) is 0 Å². The normalized spacial score (nSPS) is 17.9. The van der Waals surface area contributed by atoms with E-state index < -0.39 is 6.09 Å². The summed E-state index contributed by atoms with van der Waals surface area (Å²) in [5, 5.41) is 6.44. The molecule has 0 radical (unpaired) electrons. The lowest BCUT2D eigenvalue weighted by Gasteiger charge is -2.18. The Morgan fingerprint density at radius 1 is 1.43 bits per heavy atom. The van der Waals surface area contributed by atoms with Gasteiger partial charge in [0.2, 0.25) is 0 Å². The van der Waals surface area contributed by atoms with E-state index in [1.165, 1.54) is 12.8 Å². The lowest BCUT2D eigenvalue weighted by atomic mass is 10.1. The smallest absolute Gasteiger partial charge is 0.315 e. The first kappa shape index (κ1) is 11.0. The molecule has 0 aromatic heterocycles. The van der Waals surface area contributed by atoms with Crippen molar-refractivity contribution in [3.63, 3.8) is 0 Å². The van der Waals surface area contributed by atoms with E-state index in [4.69, 9.17) is 4.84 Å². The number of hydrogen-bond acceptors (Lipinski definition) is 3. The van der Waals surface area contributed by atoms with Gasteiger partial charge in [-0.1, -0.05) is 5.16 Å². The molecule has 0 aromatic rings. The van der Waals surface area contributed by atoms with Crippen molar-refractivity contribution in [2.24, 2.45) is 11.1 Å². The quantitative estimate of drug-likeness (QED) is 0.420. The Bertz CT molecular complexity index is 249. The highest BCUT2D eigenvalue weighted by Gasteiger charge is 2.25. The van der Waals surface area contributed by atoms with Crippen molar-refractivity contribution in [3.8, 4) is 0 Å². The van der Waals surface area contributed by atoms with Crippen molar-refractivity contribution in [2.45, 2.75) is 46.1 Å². The minimum atomic E-state index is -0.488. The Kier molecular flexibility index (Phi) is 3.13. The first-order valence-corrected chi connectivity index (χ1v) is 4.92. The fraction of sp³-hybridized carbons (Fsp3) is 0.800. The molecule has 0 aromatic carbocycles. The van der Waals surface area contributed by atoms with Crippen molar-refractivity contribution in [1.82, 2.24) is 5.32 Å². The van der Waals surface area contributed by atoms with Crippen molar-refractivity contribution in [1.29, 1.82) is 0 Å². The van der Waals surface area contributed by atoms with E-state index in [-0.39, 0.29) is 5.54 Å². The lowest BCUT2D eigenvalue weighted by molar-refractivity contribution is 0.141. The predicted octanol–water partition coefficient (Wildman–Crippen LogP) is 2.30. The number of oxime groups is 1. The molecule has 14 heavy (non-hydrogen) atoms. The summed E-state index contributed by atoms with van der Waals surface area (Å²) >= 11 is 0. The predicted molar refractivity (Wildman–Crippen MR) is 55.2 cm³/mol. The second kappa shape index (κ2) is 3.98. The van der Waals surface area contributed by atoms with Gasteiger partial charge in [-0.2, -0.15) is 0 Å². The molecule has 0 unspecified atom stereocenters. The van der Waals surface area contributed by atoms with Crippen molar-refractivity contribution < 1.29 is 9.63 Å². The second-order valence-corrected chi connectivity index (χ2v) is 4.76. The van der Waals surface area contributed by atoms with Crippen molar-refractivity contribution >= 4 is 11.8 Å². The third-order valence-corrected chi connectivity index (χ3v) is 1.92. The molecule has 1 fully saturated rings. The highest BCUT2D eigenvalue weighted by atomic mass is 16.7. The van der Waals surface area contributed by atoms with Gasteiger partial charge in [0.25, 0.3) is 0 Å². The third-order valence-electron chi connectivity index (χ3n) is 1.92. The molecule has 1 aliphatic carbocycles. The summed E-state index contributed by atoms with van der Waals surface area (Å²) in [6.45, 7) is 7.57. The van der Waals surface area contributed by atoms with Crippen LogP contribution >= 0.6 is 0 Å². The van der Waals surface area contributed by atoms with Gasteiger partial charge in [0, 0.05) is 11.5 Å². The summed E-state index contributed by atoms with van der Waals surface area (Å²) in [6.07, 6.45) is 1.84. The largest absolute Gasteiger partial charge is 0.433 e. The number of rotatable bonds is 2. The van der Waals surface area contributed by atoms with E-state index in [9.17, 15) is 4.79 Å². The number of carbonyl (C=O) groups is 1. The molecule has 4 nitrogen and oxygen atoms in total. The maximum atomic E-state index is 11.2. The van der Waals surface area contributed by atoms with Gasteiger partial charge in [0.1, 0.15) is 0 Å². The highest BCUT2D eigenvalue weighted by Crippen LogP contribution is 2.30. The molecule has 1 amide bonds. The summed E-state index contributed by atoms with van der Waals surface area (Å²) in [5.74, 6) is 0.539. The maximum Gasteiger partial charge on any atom is 0.433 e. The zero-order valence-electron chi connectivity index (χ0n) is 9.26. The van der Waals surface area contributed by atoms with E-state index in [0.29, 0.717) is 5.92 Å². The molecule has 0 saturated heterocycles. The van der Waals surface area contributed by atoms with Crippen LogP contribution < -0.4 is 5.32 Å². The number of nitrogens with zero attached hydrogens (tertiary/aromatic N) is 1. The summed E-state index contributed by atoms with van der Waals surface area (Å²) in [6, 6.07) is 0. The zero-order chi connectivity index (χ0) is 10.8. The first-order valence-electron chi connectivity index (χ1n) is 4.92. The van der Waals surface area contributed by atoms with Crippen LogP contribution in [-0.2, 0) is 4.84 Å². The summed E-state index contributed by atoms with van der Waals surface area (Å²) in [4.78, 5) is 15.9. The van der Waals surface area contributed by atoms with E-state index in [1.54, 1.807) is 0 Å². The first-order chi connectivity index (χ1) is 6.38. The van der Waals surface area contributed by atoms with Gasteiger partial charge < -0.3 is 5.32 Å². The second-order valence-electron chi connectivity index (χ2n) is 4.76. The number of carbonyl (C=O) groups excluding carboxylic acids is 1. The molecule has 0 spiro atoms. The Morgan fingerprint density at radius 2 is 2.00 bits per heavy atom. The van der Waals surface area contributed by atoms with Crippen LogP contribution in [0.15, 0.2) is 5.16 Å². The Balaban J connectivity index is 2.30. The average Bonchev–Trinajstić information content (AvgIpc) is 2.78. The molecular weight excluding hydrogens is 180 g/mol. The fourth-order valence-corrected chi connectivity index (χ4v) is 1.02. The maximum absolute atomic E-state index is 11.2. The Labute approximate surface area is 84.7 Å². The zero-order valence-corrected chi connectivity index (χ0v) is 9.26. The molecule has 0 aliphatic heterocycles.